The van der Waals surface area contributed by atoms with Crippen LogP contribution in [0.15, 0.2) is 0 Å². The zero-order valence-electron chi connectivity index (χ0n) is 6.59. The zero-order chi connectivity index (χ0) is 8.36. The summed E-state index contributed by atoms with van der Waals surface area (Å²) < 4.78 is 0. The topological polar surface area (TPSA) is 66.6 Å². The average molecular weight is 146 g/mol. The molecular weight excluding hydrogens is 132 g/mol. The molecule has 0 heterocycles. The van der Waals surface area contributed by atoms with Gasteiger partial charge in [0.15, 0.2) is 5.60 Å². The van der Waals surface area contributed by atoms with Crippen molar-refractivity contribution in [1.82, 2.24) is 4.90 Å². The van der Waals surface area contributed by atoms with Crippen LogP contribution in [0.3, 0.4) is 0 Å². The minimum absolute atomic E-state index is 0.252. The van der Waals surface area contributed by atoms with Gasteiger partial charge in [-0.2, -0.15) is 0 Å². The molecule has 4 heteroatoms. The number of carbonyl (C=O) groups is 1. The quantitative estimate of drug-likeness (QED) is 0.524. The Bertz CT molecular complexity index is 132. The molecule has 0 spiro atoms. The highest BCUT2D eigenvalue weighted by Crippen LogP contribution is 2.01. The van der Waals surface area contributed by atoms with Crippen molar-refractivity contribution < 1.29 is 9.90 Å². The van der Waals surface area contributed by atoms with Gasteiger partial charge in [-0.3, -0.25) is 4.79 Å². The minimum atomic E-state index is -1.41. The van der Waals surface area contributed by atoms with E-state index in [0.717, 1.165) is 0 Å². The first-order valence-electron chi connectivity index (χ1n) is 3.03. The molecule has 0 aliphatic rings. The summed E-state index contributed by atoms with van der Waals surface area (Å²) in [6, 6.07) is 0. The molecule has 0 aromatic rings. The van der Waals surface area contributed by atoms with Gasteiger partial charge in [-0.25, -0.2) is 0 Å². The van der Waals surface area contributed by atoms with Crippen LogP contribution in [0.5, 0.6) is 0 Å². The summed E-state index contributed by atoms with van der Waals surface area (Å²) >= 11 is 0. The third kappa shape index (κ3) is 2.80. The summed E-state index contributed by atoms with van der Waals surface area (Å²) in [5, 5.41) is 9.25. The van der Waals surface area contributed by atoms with Crippen LogP contribution in [0.1, 0.15) is 6.92 Å². The first kappa shape index (κ1) is 9.39. The minimum Gasteiger partial charge on any atom is -0.379 e. The highest BCUT2D eigenvalue weighted by atomic mass is 16.3. The van der Waals surface area contributed by atoms with Gasteiger partial charge in [0.2, 0.25) is 5.91 Å². The molecule has 10 heavy (non-hydrogen) atoms. The summed E-state index contributed by atoms with van der Waals surface area (Å²) in [6.45, 7) is 1.65. The van der Waals surface area contributed by atoms with Gasteiger partial charge in [0, 0.05) is 6.54 Å². The van der Waals surface area contributed by atoms with Crippen molar-refractivity contribution in [2.75, 3.05) is 20.6 Å². The Balaban J connectivity index is 4.00. The van der Waals surface area contributed by atoms with E-state index in [1.165, 1.54) is 6.92 Å². The molecule has 0 aliphatic heterocycles. The van der Waals surface area contributed by atoms with Crippen LogP contribution in [-0.2, 0) is 4.79 Å². The van der Waals surface area contributed by atoms with Crippen LogP contribution < -0.4 is 5.73 Å². The summed E-state index contributed by atoms with van der Waals surface area (Å²) in [5.41, 5.74) is 3.49. The van der Waals surface area contributed by atoms with Gasteiger partial charge in [0.1, 0.15) is 0 Å². The maximum Gasteiger partial charge on any atom is 0.250 e. The van der Waals surface area contributed by atoms with E-state index in [1.54, 1.807) is 19.0 Å². The van der Waals surface area contributed by atoms with Gasteiger partial charge < -0.3 is 15.7 Å². The fraction of sp³-hybridized carbons (Fsp3) is 0.833. The molecule has 0 bridgehead atoms. The molecule has 1 amide bonds. The van der Waals surface area contributed by atoms with E-state index in [9.17, 15) is 9.90 Å². The molecule has 3 N–H and O–H groups in total. The molecule has 0 aromatic heterocycles. The lowest BCUT2D eigenvalue weighted by molar-refractivity contribution is -0.135. The molecule has 0 saturated carbocycles. The number of rotatable bonds is 3. The smallest absolute Gasteiger partial charge is 0.250 e. The van der Waals surface area contributed by atoms with Crippen LogP contribution in [0.25, 0.3) is 0 Å². The van der Waals surface area contributed by atoms with Crippen molar-refractivity contribution in [3.63, 3.8) is 0 Å². The second kappa shape index (κ2) is 2.98. The Morgan fingerprint density at radius 3 is 2.20 bits per heavy atom. The highest BCUT2D eigenvalue weighted by molar-refractivity contribution is 5.82. The molecule has 0 rings (SSSR count). The second-order valence-electron chi connectivity index (χ2n) is 2.88. The second-order valence-corrected chi connectivity index (χ2v) is 2.88. The number of amides is 1. The van der Waals surface area contributed by atoms with Crippen molar-refractivity contribution in [3.8, 4) is 0 Å². The summed E-state index contributed by atoms with van der Waals surface area (Å²) in [5.74, 6) is -0.693. The number of aliphatic hydroxyl groups is 1. The molecule has 0 aliphatic carbocycles. The number of nitrogens with zero attached hydrogens (tertiary/aromatic N) is 1. The van der Waals surface area contributed by atoms with E-state index >= 15 is 0 Å². The molecule has 0 saturated heterocycles. The lowest BCUT2D eigenvalue weighted by atomic mass is 10.1. The van der Waals surface area contributed by atoms with Crippen molar-refractivity contribution in [1.29, 1.82) is 0 Å². The Hall–Kier alpha value is -0.610. The molecule has 4 nitrogen and oxygen atoms in total. The van der Waals surface area contributed by atoms with Gasteiger partial charge in [0.25, 0.3) is 0 Å². The van der Waals surface area contributed by atoms with Crippen LogP contribution >= 0.6 is 0 Å². The van der Waals surface area contributed by atoms with Crippen molar-refractivity contribution in [2.45, 2.75) is 12.5 Å². The normalized spacial score (nSPS) is 16.9. The van der Waals surface area contributed by atoms with E-state index in [2.05, 4.69) is 0 Å². The van der Waals surface area contributed by atoms with Gasteiger partial charge in [-0.05, 0) is 21.0 Å². The lowest BCUT2D eigenvalue weighted by Gasteiger charge is -2.22. The predicted molar refractivity (Wildman–Crippen MR) is 38.4 cm³/mol. The number of carbonyl (C=O) groups excluding carboxylic acids is 1. The predicted octanol–water partition coefficient (Wildman–Crippen LogP) is -1.22. The van der Waals surface area contributed by atoms with E-state index < -0.39 is 11.5 Å². The maximum absolute atomic E-state index is 10.5. The Morgan fingerprint density at radius 2 is 2.10 bits per heavy atom. The number of likely N-dealkylation sites (N-methyl/N-ethyl adjacent to an activating group) is 1. The highest BCUT2D eigenvalue weighted by Gasteiger charge is 2.27. The molecular formula is C6H14N2O2. The Morgan fingerprint density at radius 1 is 1.70 bits per heavy atom. The Labute approximate surface area is 60.6 Å². The maximum atomic E-state index is 10.5. The van der Waals surface area contributed by atoms with Crippen LogP contribution in [0.2, 0.25) is 0 Å². The number of hydrogen-bond acceptors (Lipinski definition) is 3. The van der Waals surface area contributed by atoms with Crippen molar-refractivity contribution >= 4 is 5.91 Å². The van der Waals surface area contributed by atoms with Crippen LogP contribution in [-0.4, -0.2) is 42.2 Å². The first-order chi connectivity index (χ1) is 4.36. The molecule has 1 atom stereocenters. The van der Waals surface area contributed by atoms with E-state index in [0.29, 0.717) is 0 Å². The molecule has 0 aromatic carbocycles. The van der Waals surface area contributed by atoms with E-state index in [1.807, 2.05) is 0 Å². The number of primary amides is 1. The molecule has 60 valence electrons. The van der Waals surface area contributed by atoms with E-state index in [4.69, 9.17) is 5.73 Å². The van der Waals surface area contributed by atoms with E-state index in [-0.39, 0.29) is 6.54 Å². The third-order valence-corrected chi connectivity index (χ3v) is 1.15. The van der Waals surface area contributed by atoms with Gasteiger partial charge in [-0.1, -0.05) is 0 Å². The van der Waals surface area contributed by atoms with Gasteiger partial charge in [0.05, 0.1) is 0 Å². The SMILES string of the molecule is CN(C)CC(C)(O)C(N)=O. The molecule has 0 fully saturated rings. The van der Waals surface area contributed by atoms with Crippen molar-refractivity contribution in [3.05, 3.63) is 0 Å². The Kier molecular flexibility index (Phi) is 2.80. The number of nitrogens with two attached hydrogens (primary N) is 1. The molecule has 1 unspecified atom stereocenters. The zero-order valence-corrected chi connectivity index (χ0v) is 6.59. The lowest BCUT2D eigenvalue weighted by Crippen LogP contribution is -2.48. The summed E-state index contributed by atoms with van der Waals surface area (Å²) in [4.78, 5) is 12.2. The number of hydrogen-bond donors (Lipinski definition) is 2. The van der Waals surface area contributed by atoms with Gasteiger partial charge >= 0.3 is 0 Å². The van der Waals surface area contributed by atoms with Gasteiger partial charge in [-0.15, -0.1) is 0 Å². The largest absolute Gasteiger partial charge is 0.379 e. The van der Waals surface area contributed by atoms with Crippen LogP contribution in [0, 0.1) is 0 Å². The van der Waals surface area contributed by atoms with Crippen LogP contribution in [0.4, 0.5) is 0 Å². The first-order valence-corrected chi connectivity index (χ1v) is 3.03. The van der Waals surface area contributed by atoms with Crippen molar-refractivity contribution in [2.24, 2.45) is 5.73 Å². The summed E-state index contributed by atoms with van der Waals surface area (Å²) in [7, 11) is 3.52. The molecule has 0 radical (unpaired) electrons. The average Bonchev–Trinajstić information content (AvgIpc) is 1.60. The third-order valence-electron chi connectivity index (χ3n) is 1.15. The fourth-order valence-corrected chi connectivity index (χ4v) is 0.694. The monoisotopic (exact) mass is 146 g/mol. The summed E-state index contributed by atoms with van der Waals surface area (Å²) in [6.07, 6.45) is 0. The fourth-order valence-electron chi connectivity index (χ4n) is 0.694. The standard InChI is InChI=1S/C6H14N2O2/c1-6(10,5(7)9)4-8(2)3/h10H,4H2,1-3H3,(H2,7,9).